The first-order valence-corrected chi connectivity index (χ1v) is 6.75. The van der Waals surface area contributed by atoms with Crippen LogP contribution in [0.2, 0.25) is 5.02 Å². The van der Waals surface area contributed by atoms with Crippen LogP contribution in [0.4, 0.5) is 4.39 Å². The molecule has 0 saturated heterocycles. The van der Waals surface area contributed by atoms with Gasteiger partial charge in [0.2, 0.25) is 0 Å². The van der Waals surface area contributed by atoms with E-state index in [2.05, 4.69) is 15.9 Å². The predicted molar refractivity (Wildman–Crippen MR) is 76.3 cm³/mol. The molecule has 5 heteroatoms. The molecule has 0 amide bonds. The van der Waals surface area contributed by atoms with Gasteiger partial charge in [-0.1, -0.05) is 33.6 Å². The highest BCUT2D eigenvalue weighted by Crippen LogP contribution is 2.35. The molecule has 0 aliphatic heterocycles. The lowest BCUT2D eigenvalue weighted by molar-refractivity contribution is 0.190. The minimum atomic E-state index is -0.967. The van der Waals surface area contributed by atoms with Gasteiger partial charge in [0.1, 0.15) is 17.3 Å². The van der Waals surface area contributed by atoms with Gasteiger partial charge < -0.3 is 9.84 Å². The van der Waals surface area contributed by atoms with Crippen molar-refractivity contribution in [3.05, 3.63) is 57.3 Å². The molecule has 2 nitrogen and oxygen atoms in total. The smallest absolute Gasteiger partial charge is 0.146 e. The number of aliphatic hydroxyl groups is 1. The molecule has 2 rings (SSSR count). The Morgan fingerprint density at radius 2 is 2.00 bits per heavy atom. The second-order valence-corrected chi connectivity index (χ2v) is 5.33. The van der Waals surface area contributed by atoms with Crippen LogP contribution in [0.25, 0.3) is 0 Å². The van der Waals surface area contributed by atoms with Gasteiger partial charge in [0.05, 0.1) is 16.7 Å². The van der Waals surface area contributed by atoms with Gasteiger partial charge in [0.25, 0.3) is 0 Å². The third kappa shape index (κ3) is 3.26. The molecule has 19 heavy (non-hydrogen) atoms. The Balaban J connectivity index is 2.41. The molecule has 0 fully saturated rings. The zero-order valence-corrected chi connectivity index (χ0v) is 12.4. The molecule has 0 aromatic heterocycles. The van der Waals surface area contributed by atoms with E-state index in [0.29, 0.717) is 10.8 Å². The van der Waals surface area contributed by atoms with Crippen molar-refractivity contribution < 1.29 is 14.2 Å². The number of hydrogen-bond donors (Lipinski definition) is 1. The van der Waals surface area contributed by atoms with E-state index in [0.717, 1.165) is 4.47 Å². The topological polar surface area (TPSA) is 29.5 Å². The van der Waals surface area contributed by atoms with Gasteiger partial charge in [-0.05, 0) is 37.3 Å². The first-order chi connectivity index (χ1) is 8.99. The van der Waals surface area contributed by atoms with E-state index in [1.165, 1.54) is 19.1 Å². The lowest BCUT2D eigenvalue weighted by Crippen LogP contribution is -2.00. The number of ether oxygens (including phenoxy) is 1. The second-order valence-electron chi connectivity index (χ2n) is 4.00. The molecule has 0 radical (unpaired) electrons. The van der Waals surface area contributed by atoms with Crippen LogP contribution in [0.3, 0.4) is 0 Å². The highest BCUT2D eigenvalue weighted by Gasteiger charge is 2.16. The Morgan fingerprint density at radius 1 is 1.26 bits per heavy atom. The molecule has 0 heterocycles. The Hall–Kier alpha value is -1.10. The maximum atomic E-state index is 13.7. The zero-order chi connectivity index (χ0) is 14.0. The molecule has 2 aromatic carbocycles. The standard InChI is InChI=1S/C14H11BrClFO2/c1-8(18)14-11(17)3-2-4-13(14)19-12-6-5-9(15)7-10(12)16/h2-8,18H,1H3. The van der Waals surface area contributed by atoms with Crippen molar-refractivity contribution in [2.75, 3.05) is 0 Å². The number of benzene rings is 2. The van der Waals surface area contributed by atoms with Gasteiger partial charge in [-0.3, -0.25) is 0 Å². The van der Waals surface area contributed by atoms with E-state index in [1.807, 2.05) is 0 Å². The van der Waals surface area contributed by atoms with Crippen molar-refractivity contribution in [2.45, 2.75) is 13.0 Å². The normalized spacial score (nSPS) is 12.3. The summed E-state index contributed by atoms with van der Waals surface area (Å²) < 4.78 is 20.1. The van der Waals surface area contributed by atoms with Crippen LogP contribution < -0.4 is 4.74 Å². The van der Waals surface area contributed by atoms with Gasteiger partial charge in [0.15, 0.2) is 0 Å². The molecule has 0 aliphatic carbocycles. The first-order valence-electron chi connectivity index (χ1n) is 5.58. The maximum absolute atomic E-state index is 13.7. The largest absolute Gasteiger partial charge is 0.455 e. The molecule has 2 aromatic rings. The number of rotatable bonds is 3. The first kappa shape index (κ1) is 14.3. The van der Waals surface area contributed by atoms with E-state index in [4.69, 9.17) is 16.3 Å². The third-order valence-corrected chi connectivity index (χ3v) is 3.33. The third-order valence-electron chi connectivity index (χ3n) is 2.54. The lowest BCUT2D eigenvalue weighted by Gasteiger charge is -2.14. The summed E-state index contributed by atoms with van der Waals surface area (Å²) in [6.07, 6.45) is -0.967. The highest BCUT2D eigenvalue weighted by molar-refractivity contribution is 9.10. The number of aliphatic hydroxyl groups excluding tert-OH is 1. The van der Waals surface area contributed by atoms with E-state index < -0.39 is 11.9 Å². The van der Waals surface area contributed by atoms with Crippen molar-refractivity contribution in [3.63, 3.8) is 0 Å². The van der Waals surface area contributed by atoms with Gasteiger partial charge >= 0.3 is 0 Å². The number of halogens is 3. The Kier molecular flexibility index (Phi) is 4.45. The van der Waals surface area contributed by atoms with Crippen molar-refractivity contribution in [1.29, 1.82) is 0 Å². The molecule has 0 aliphatic rings. The van der Waals surface area contributed by atoms with E-state index >= 15 is 0 Å². The lowest BCUT2D eigenvalue weighted by atomic mass is 10.1. The SMILES string of the molecule is CC(O)c1c(F)cccc1Oc1ccc(Br)cc1Cl. The van der Waals surface area contributed by atoms with Crippen LogP contribution in [-0.2, 0) is 0 Å². The summed E-state index contributed by atoms with van der Waals surface area (Å²) in [5.41, 5.74) is 0.112. The molecule has 100 valence electrons. The fourth-order valence-electron chi connectivity index (χ4n) is 1.69. The monoisotopic (exact) mass is 344 g/mol. The van der Waals surface area contributed by atoms with Gasteiger partial charge in [-0.25, -0.2) is 4.39 Å². The fraction of sp³-hybridized carbons (Fsp3) is 0.143. The average Bonchev–Trinajstić information content (AvgIpc) is 2.32. The second kappa shape index (κ2) is 5.90. The molecule has 0 spiro atoms. The number of hydrogen-bond acceptors (Lipinski definition) is 2. The molecular formula is C14H11BrClFO2. The molecule has 1 N–H and O–H groups in total. The maximum Gasteiger partial charge on any atom is 0.146 e. The molecule has 0 bridgehead atoms. The van der Waals surface area contributed by atoms with E-state index in [-0.39, 0.29) is 11.3 Å². The quantitative estimate of drug-likeness (QED) is 0.840. The molecule has 0 saturated carbocycles. The Labute approximate surface area is 123 Å². The minimum Gasteiger partial charge on any atom is -0.455 e. The van der Waals surface area contributed by atoms with Crippen molar-refractivity contribution in [3.8, 4) is 11.5 Å². The summed E-state index contributed by atoms with van der Waals surface area (Å²) in [7, 11) is 0. The van der Waals surface area contributed by atoms with Crippen LogP contribution in [-0.4, -0.2) is 5.11 Å². The van der Waals surface area contributed by atoms with Gasteiger partial charge in [0, 0.05) is 4.47 Å². The Morgan fingerprint density at radius 3 is 2.63 bits per heavy atom. The highest BCUT2D eigenvalue weighted by atomic mass is 79.9. The fourth-order valence-corrected chi connectivity index (χ4v) is 2.40. The zero-order valence-electron chi connectivity index (χ0n) is 10.0. The summed E-state index contributed by atoms with van der Waals surface area (Å²) in [5.74, 6) is 0.136. The minimum absolute atomic E-state index is 0.112. The van der Waals surface area contributed by atoms with E-state index in [9.17, 15) is 9.50 Å². The van der Waals surface area contributed by atoms with Crippen LogP contribution >= 0.6 is 27.5 Å². The summed E-state index contributed by atoms with van der Waals surface area (Å²) in [4.78, 5) is 0. The summed E-state index contributed by atoms with van der Waals surface area (Å²) >= 11 is 9.33. The van der Waals surface area contributed by atoms with Crippen LogP contribution in [0, 0.1) is 5.82 Å². The summed E-state index contributed by atoms with van der Waals surface area (Å²) in [5, 5.41) is 10.0. The van der Waals surface area contributed by atoms with Crippen LogP contribution in [0.15, 0.2) is 40.9 Å². The van der Waals surface area contributed by atoms with Crippen molar-refractivity contribution in [2.24, 2.45) is 0 Å². The summed E-state index contributed by atoms with van der Waals surface area (Å²) in [6.45, 7) is 1.48. The molecule has 1 atom stereocenters. The van der Waals surface area contributed by atoms with E-state index in [1.54, 1.807) is 24.3 Å². The van der Waals surface area contributed by atoms with Crippen molar-refractivity contribution in [1.82, 2.24) is 0 Å². The molecule has 1 unspecified atom stereocenters. The molecular weight excluding hydrogens is 335 g/mol. The van der Waals surface area contributed by atoms with Crippen LogP contribution in [0.5, 0.6) is 11.5 Å². The van der Waals surface area contributed by atoms with Gasteiger partial charge in [-0.15, -0.1) is 0 Å². The Bertz CT molecular complexity index is 602. The van der Waals surface area contributed by atoms with Crippen molar-refractivity contribution >= 4 is 27.5 Å². The van der Waals surface area contributed by atoms with Crippen LogP contribution in [0.1, 0.15) is 18.6 Å². The average molecular weight is 346 g/mol. The van der Waals surface area contributed by atoms with Gasteiger partial charge in [-0.2, -0.15) is 0 Å². The summed E-state index contributed by atoms with van der Waals surface area (Å²) in [6, 6.07) is 9.49. The predicted octanol–water partition coefficient (Wildman–Crippen LogP) is 5.09.